The van der Waals surface area contributed by atoms with Crippen molar-refractivity contribution >= 4 is 11.8 Å². The van der Waals surface area contributed by atoms with Crippen LogP contribution in [-0.2, 0) is 29.0 Å². The maximum atomic E-state index is 13.7. The van der Waals surface area contributed by atoms with E-state index < -0.39 is 6.04 Å². The molecule has 3 rings (SSSR count). The van der Waals surface area contributed by atoms with Crippen molar-refractivity contribution in [1.82, 2.24) is 10.2 Å². The Hall–Kier alpha value is -3.40. The van der Waals surface area contributed by atoms with Crippen LogP contribution in [0.5, 0.6) is 0 Å². The van der Waals surface area contributed by atoms with Crippen molar-refractivity contribution in [3.8, 4) is 0 Å². The van der Waals surface area contributed by atoms with Gasteiger partial charge in [0.05, 0.1) is 0 Å². The molecular formula is C32H40N2O2. The first-order valence-electron chi connectivity index (χ1n) is 13.1. The van der Waals surface area contributed by atoms with E-state index in [2.05, 4.69) is 50.4 Å². The molecule has 190 valence electrons. The number of hydrogen-bond acceptors (Lipinski definition) is 2. The molecule has 0 heterocycles. The number of benzene rings is 3. The second-order valence-electron chi connectivity index (χ2n) is 9.93. The molecule has 0 spiro atoms. The molecule has 0 unspecified atom stereocenters. The molecule has 0 aromatic heterocycles. The molecule has 0 radical (unpaired) electrons. The molecule has 3 aromatic rings. The standard InChI is InChI=1S/C32H40N2O2/c1-5-25(4)33-32(36)30(22-27-12-8-6-9-13-27)34(23-28-14-10-7-11-15-28)31(35)21-18-26-16-19-29(20-17-26)24(2)3/h6-17,19-20,24-25,30H,5,18,21-23H2,1-4H3,(H,33,36)/t25-,30+/m1/s1. The van der Waals surface area contributed by atoms with Crippen molar-refractivity contribution in [2.45, 2.75) is 77.9 Å². The molecule has 0 bridgehead atoms. The Labute approximate surface area is 216 Å². The van der Waals surface area contributed by atoms with E-state index in [4.69, 9.17) is 0 Å². The molecule has 1 N–H and O–H groups in total. The third-order valence-electron chi connectivity index (χ3n) is 6.74. The number of nitrogens with zero attached hydrogens (tertiary/aromatic N) is 1. The van der Waals surface area contributed by atoms with Gasteiger partial charge in [0, 0.05) is 25.4 Å². The highest BCUT2D eigenvalue weighted by Crippen LogP contribution is 2.19. The lowest BCUT2D eigenvalue weighted by atomic mass is 9.99. The van der Waals surface area contributed by atoms with Crippen LogP contribution in [0.15, 0.2) is 84.9 Å². The predicted octanol–water partition coefficient (Wildman–Crippen LogP) is 6.30. The van der Waals surface area contributed by atoms with Crippen LogP contribution in [-0.4, -0.2) is 28.8 Å². The zero-order valence-electron chi connectivity index (χ0n) is 22.1. The van der Waals surface area contributed by atoms with E-state index in [1.54, 1.807) is 4.90 Å². The molecule has 0 aliphatic rings. The van der Waals surface area contributed by atoms with E-state index in [1.807, 2.05) is 67.6 Å². The number of aryl methyl sites for hydroxylation is 1. The highest BCUT2D eigenvalue weighted by atomic mass is 16.2. The Balaban J connectivity index is 1.86. The van der Waals surface area contributed by atoms with Gasteiger partial charge in [0.25, 0.3) is 0 Å². The van der Waals surface area contributed by atoms with Gasteiger partial charge in [-0.3, -0.25) is 9.59 Å². The predicted molar refractivity (Wildman–Crippen MR) is 148 cm³/mol. The van der Waals surface area contributed by atoms with Crippen molar-refractivity contribution < 1.29 is 9.59 Å². The Bertz CT molecular complexity index is 1080. The van der Waals surface area contributed by atoms with Crippen LogP contribution in [0.2, 0.25) is 0 Å². The lowest BCUT2D eigenvalue weighted by molar-refractivity contribution is -0.141. The molecule has 0 aliphatic carbocycles. The van der Waals surface area contributed by atoms with Crippen LogP contribution in [0.1, 0.15) is 68.7 Å². The van der Waals surface area contributed by atoms with Gasteiger partial charge in [-0.15, -0.1) is 0 Å². The summed E-state index contributed by atoms with van der Waals surface area (Å²) in [4.78, 5) is 29.0. The summed E-state index contributed by atoms with van der Waals surface area (Å²) in [6, 6.07) is 27.9. The molecule has 4 nitrogen and oxygen atoms in total. The Kier molecular flexibility index (Phi) is 10.3. The smallest absolute Gasteiger partial charge is 0.243 e. The van der Waals surface area contributed by atoms with Gasteiger partial charge in [-0.25, -0.2) is 0 Å². The molecular weight excluding hydrogens is 444 g/mol. The molecule has 0 aliphatic heterocycles. The molecule has 36 heavy (non-hydrogen) atoms. The van der Waals surface area contributed by atoms with Crippen molar-refractivity contribution in [3.05, 3.63) is 107 Å². The number of carbonyl (C=O) groups is 2. The quantitative estimate of drug-likeness (QED) is 0.328. The first-order chi connectivity index (χ1) is 17.4. The highest BCUT2D eigenvalue weighted by molar-refractivity contribution is 5.88. The van der Waals surface area contributed by atoms with Gasteiger partial charge in [0.2, 0.25) is 11.8 Å². The zero-order chi connectivity index (χ0) is 25.9. The topological polar surface area (TPSA) is 49.4 Å². The molecule has 2 amide bonds. The van der Waals surface area contributed by atoms with E-state index in [1.165, 1.54) is 5.56 Å². The van der Waals surface area contributed by atoms with Gasteiger partial charge < -0.3 is 10.2 Å². The van der Waals surface area contributed by atoms with Gasteiger partial charge in [-0.1, -0.05) is 106 Å². The van der Waals surface area contributed by atoms with Crippen molar-refractivity contribution in [1.29, 1.82) is 0 Å². The Morgan fingerprint density at radius 1 is 0.778 bits per heavy atom. The highest BCUT2D eigenvalue weighted by Gasteiger charge is 2.30. The summed E-state index contributed by atoms with van der Waals surface area (Å²) in [5.74, 6) is 0.371. The van der Waals surface area contributed by atoms with E-state index in [9.17, 15) is 9.59 Å². The molecule has 4 heteroatoms. The average Bonchev–Trinajstić information content (AvgIpc) is 2.90. The number of carbonyl (C=O) groups excluding carboxylic acids is 2. The Morgan fingerprint density at radius 2 is 1.36 bits per heavy atom. The molecule has 3 aromatic carbocycles. The molecule has 0 saturated heterocycles. The molecule has 0 fully saturated rings. The average molecular weight is 485 g/mol. The maximum absolute atomic E-state index is 13.7. The fraction of sp³-hybridized carbons (Fsp3) is 0.375. The van der Waals surface area contributed by atoms with Gasteiger partial charge in [-0.2, -0.15) is 0 Å². The van der Waals surface area contributed by atoms with Crippen molar-refractivity contribution in [3.63, 3.8) is 0 Å². The van der Waals surface area contributed by atoms with Gasteiger partial charge in [-0.05, 0) is 47.9 Å². The fourth-order valence-electron chi connectivity index (χ4n) is 4.24. The first-order valence-corrected chi connectivity index (χ1v) is 13.1. The summed E-state index contributed by atoms with van der Waals surface area (Å²) < 4.78 is 0. The minimum absolute atomic E-state index is 0.00739. The fourth-order valence-corrected chi connectivity index (χ4v) is 4.24. The number of rotatable bonds is 12. The summed E-state index contributed by atoms with van der Waals surface area (Å²) in [6.45, 7) is 8.81. The summed E-state index contributed by atoms with van der Waals surface area (Å²) in [6.07, 6.45) is 2.32. The third kappa shape index (κ3) is 8.08. The second-order valence-corrected chi connectivity index (χ2v) is 9.93. The summed E-state index contributed by atoms with van der Waals surface area (Å²) >= 11 is 0. The number of amides is 2. The first kappa shape index (κ1) is 27.2. The van der Waals surface area contributed by atoms with Crippen LogP contribution < -0.4 is 5.32 Å². The van der Waals surface area contributed by atoms with E-state index >= 15 is 0 Å². The lowest BCUT2D eigenvalue weighted by Crippen LogP contribution is -2.52. The largest absolute Gasteiger partial charge is 0.352 e. The Morgan fingerprint density at radius 3 is 1.92 bits per heavy atom. The lowest BCUT2D eigenvalue weighted by Gasteiger charge is -2.32. The maximum Gasteiger partial charge on any atom is 0.243 e. The van der Waals surface area contributed by atoms with Crippen LogP contribution in [0.4, 0.5) is 0 Å². The minimum atomic E-state index is -0.586. The summed E-state index contributed by atoms with van der Waals surface area (Å²) in [5, 5.41) is 3.13. The second kappa shape index (κ2) is 13.6. The van der Waals surface area contributed by atoms with E-state index in [0.29, 0.717) is 31.7 Å². The van der Waals surface area contributed by atoms with Crippen molar-refractivity contribution in [2.24, 2.45) is 0 Å². The third-order valence-corrected chi connectivity index (χ3v) is 6.74. The summed E-state index contributed by atoms with van der Waals surface area (Å²) in [5.41, 5.74) is 4.48. The van der Waals surface area contributed by atoms with Crippen LogP contribution in [0, 0.1) is 0 Å². The van der Waals surface area contributed by atoms with Crippen LogP contribution in [0.3, 0.4) is 0 Å². The minimum Gasteiger partial charge on any atom is -0.352 e. The molecule has 0 saturated carbocycles. The van der Waals surface area contributed by atoms with E-state index in [0.717, 1.165) is 23.1 Å². The normalized spacial score (nSPS) is 12.7. The van der Waals surface area contributed by atoms with Gasteiger partial charge in [0.15, 0.2) is 0 Å². The van der Waals surface area contributed by atoms with Crippen LogP contribution >= 0.6 is 0 Å². The van der Waals surface area contributed by atoms with E-state index in [-0.39, 0.29) is 17.9 Å². The summed E-state index contributed by atoms with van der Waals surface area (Å²) in [7, 11) is 0. The number of hydrogen-bond donors (Lipinski definition) is 1. The van der Waals surface area contributed by atoms with Gasteiger partial charge in [0.1, 0.15) is 6.04 Å². The van der Waals surface area contributed by atoms with Gasteiger partial charge >= 0.3 is 0 Å². The zero-order valence-corrected chi connectivity index (χ0v) is 22.1. The van der Waals surface area contributed by atoms with Crippen molar-refractivity contribution in [2.75, 3.05) is 0 Å². The monoisotopic (exact) mass is 484 g/mol. The number of nitrogens with one attached hydrogen (secondary N) is 1. The molecule has 2 atom stereocenters. The SMILES string of the molecule is CC[C@@H](C)NC(=O)[C@H](Cc1ccccc1)N(Cc1ccccc1)C(=O)CCc1ccc(C(C)C)cc1. The van der Waals surface area contributed by atoms with Crippen LogP contribution in [0.25, 0.3) is 0 Å².